The standard InChI is InChI=1S/C29H24Cl2N4O5S/c1-40-17-27(36)35-41(2,39)25-6-4-3-5-22(25)18-7-9-19(10-8-18)28(37)33-24-13-11-20(30)15-23(24)29(38)34-26-14-12-21(31)16-32-26/h3-16H,2,17H2,1H3,(H,33,37)(H,32,34,38)(H,35,36,39). The molecule has 0 saturated carbocycles. The SMILES string of the molecule is C=S(=O)(NC(=O)COC)c1ccccc1-c1ccc(C(=O)Nc2ccc(Cl)cc2C(=O)Nc2ccc(Cl)cn2)cc1. The van der Waals surface area contributed by atoms with Crippen LogP contribution in [0.2, 0.25) is 10.0 Å². The second kappa shape index (κ2) is 13.0. The van der Waals surface area contributed by atoms with E-state index in [9.17, 15) is 18.6 Å². The number of benzene rings is 3. The van der Waals surface area contributed by atoms with Gasteiger partial charge in [-0.1, -0.05) is 53.5 Å². The molecule has 0 aliphatic rings. The topological polar surface area (TPSA) is 126 Å². The third kappa shape index (κ3) is 7.50. The van der Waals surface area contributed by atoms with Crippen molar-refractivity contribution in [3.63, 3.8) is 0 Å². The number of halogens is 2. The highest BCUT2D eigenvalue weighted by atomic mass is 35.5. The highest BCUT2D eigenvalue weighted by Crippen LogP contribution is 2.28. The second-order valence-electron chi connectivity index (χ2n) is 8.67. The highest BCUT2D eigenvalue weighted by molar-refractivity contribution is 7.99. The van der Waals surface area contributed by atoms with Gasteiger partial charge in [-0.25, -0.2) is 9.19 Å². The molecule has 1 heterocycles. The van der Waals surface area contributed by atoms with Crippen molar-refractivity contribution in [1.82, 2.24) is 9.71 Å². The predicted molar refractivity (Wildman–Crippen MR) is 162 cm³/mol. The van der Waals surface area contributed by atoms with Gasteiger partial charge in [-0.15, -0.1) is 0 Å². The third-order valence-electron chi connectivity index (χ3n) is 5.70. The summed E-state index contributed by atoms with van der Waals surface area (Å²) in [5, 5.41) is 6.12. The molecule has 3 N–H and O–H groups in total. The van der Waals surface area contributed by atoms with E-state index in [1.54, 1.807) is 66.7 Å². The molecule has 1 unspecified atom stereocenters. The first-order valence-electron chi connectivity index (χ1n) is 12.0. The largest absolute Gasteiger partial charge is 0.375 e. The molecule has 0 spiro atoms. The Bertz CT molecular complexity index is 1710. The summed E-state index contributed by atoms with van der Waals surface area (Å²) in [6.07, 6.45) is 1.40. The van der Waals surface area contributed by atoms with Crippen molar-refractivity contribution in [2.75, 3.05) is 24.4 Å². The maximum Gasteiger partial charge on any atom is 0.258 e. The molecular weight excluding hydrogens is 587 g/mol. The van der Waals surface area contributed by atoms with E-state index in [0.29, 0.717) is 31.6 Å². The fraction of sp³-hybridized carbons (Fsp3) is 0.0690. The summed E-state index contributed by atoms with van der Waals surface area (Å²) in [7, 11) is -1.83. The molecule has 1 aromatic heterocycles. The molecule has 3 amide bonds. The summed E-state index contributed by atoms with van der Waals surface area (Å²) in [6.45, 7) is -0.256. The van der Waals surface area contributed by atoms with Gasteiger partial charge in [0.15, 0.2) is 0 Å². The van der Waals surface area contributed by atoms with E-state index in [2.05, 4.69) is 26.2 Å². The van der Waals surface area contributed by atoms with Crippen molar-refractivity contribution in [1.29, 1.82) is 0 Å². The van der Waals surface area contributed by atoms with Crippen molar-refractivity contribution in [3.8, 4) is 11.1 Å². The molecule has 0 bridgehead atoms. The average molecular weight is 612 g/mol. The lowest BCUT2D eigenvalue weighted by molar-refractivity contribution is -0.122. The molecule has 0 aliphatic carbocycles. The summed E-state index contributed by atoms with van der Waals surface area (Å²) >= 11 is 12.0. The summed E-state index contributed by atoms with van der Waals surface area (Å²) in [5.41, 5.74) is 1.90. The van der Waals surface area contributed by atoms with Gasteiger partial charge in [-0.2, -0.15) is 0 Å². The van der Waals surface area contributed by atoms with E-state index in [0.717, 1.165) is 0 Å². The Balaban J connectivity index is 1.55. The lowest BCUT2D eigenvalue weighted by Gasteiger charge is -2.16. The van der Waals surface area contributed by atoms with E-state index < -0.39 is 27.4 Å². The second-order valence-corrected chi connectivity index (χ2v) is 11.5. The molecule has 4 aromatic rings. The van der Waals surface area contributed by atoms with Crippen LogP contribution in [0.1, 0.15) is 20.7 Å². The number of methoxy groups -OCH3 is 1. The molecule has 1 atom stereocenters. The van der Waals surface area contributed by atoms with Crippen LogP contribution in [0, 0.1) is 0 Å². The van der Waals surface area contributed by atoms with E-state index in [1.807, 2.05) is 0 Å². The lowest BCUT2D eigenvalue weighted by atomic mass is 10.0. The minimum absolute atomic E-state index is 0.133. The van der Waals surface area contributed by atoms with Crippen molar-refractivity contribution in [2.24, 2.45) is 0 Å². The molecule has 3 aromatic carbocycles. The number of rotatable bonds is 9. The minimum atomic E-state index is -3.19. The number of carbonyl (C=O) groups excluding carboxylic acids is 3. The fourth-order valence-electron chi connectivity index (χ4n) is 3.83. The number of aromatic nitrogens is 1. The Morgan fingerprint density at radius 2 is 1.61 bits per heavy atom. The third-order valence-corrected chi connectivity index (χ3v) is 7.78. The van der Waals surface area contributed by atoms with Gasteiger partial charge in [0.1, 0.15) is 12.4 Å². The number of ether oxygens (including phenoxy) is 1. The molecule has 12 heteroatoms. The first-order chi connectivity index (χ1) is 19.6. The van der Waals surface area contributed by atoms with Crippen LogP contribution in [-0.4, -0.2) is 46.5 Å². The number of nitrogens with one attached hydrogen (secondary N) is 3. The van der Waals surface area contributed by atoms with Gasteiger partial charge in [-0.05, 0) is 65.5 Å². The Kier molecular flexibility index (Phi) is 9.41. The van der Waals surface area contributed by atoms with Crippen molar-refractivity contribution < 1.29 is 23.3 Å². The van der Waals surface area contributed by atoms with Gasteiger partial charge < -0.3 is 15.4 Å². The molecular formula is C29H24Cl2N4O5S. The molecule has 0 radical (unpaired) electrons. The van der Waals surface area contributed by atoms with Crippen LogP contribution < -0.4 is 15.4 Å². The molecule has 0 aliphatic heterocycles. The zero-order valence-electron chi connectivity index (χ0n) is 21.6. The summed E-state index contributed by atoms with van der Waals surface area (Å²) in [4.78, 5) is 42.4. The zero-order chi connectivity index (χ0) is 29.6. The number of hydrogen-bond donors (Lipinski definition) is 3. The summed E-state index contributed by atoms with van der Waals surface area (Å²) < 4.78 is 20.5. The van der Waals surface area contributed by atoms with Gasteiger partial charge in [0.25, 0.3) is 17.7 Å². The van der Waals surface area contributed by atoms with Gasteiger partial charge in [0.05, 0.1) is 30.9 Å². The number of hydrogen-bond acceptors (Lipinski definition) is 6. The Morgan fingerprint density at radius 1 is 0.902 bits per heavy atom. The molecule has 0 saturated heterocycles. The highest BCUT2D eigenvalue weighted by Gasteiger charge is 2.18. The monoisotopic (exact) mass is 610 g/mol. The van der Waals surface area contributed by atoms with Crippen LogP contribution in [0.4, 0.5) is 11.5 Å². The first kappa shape index (κ1) is 29.8. The summed E-state index contributed by atoms with van der Waals surface area (Å²) in [6, 6.07) is 21.0. The minimum Gasteiger partial charge on any atom is -0.375 e. The number of anilines is 2. The van der Waals surface area contributed by atoms with E-state index in [4.69, 9.17) is 27.9 Å². The molecule has 4 rings (SSSR count). The van der Waals surface area contributed by atoms with Crippen molar-refractivity contribution in [2.45, 2.75) is 4.90 Å². The van der Waals surface area contributed by atoms with Gasteiger partial charge in [0, 0.05) is 23.9 Å². The zero-order valence-corrected chi connectivity index (χ0v) is 24.0. The van der Waals surface area contributed by atoms with Gasteiger partial charge >= 0.3 is 0 Å². The summed E-state index contributed by atoms with van der Waals surface area (Å²) in [5.74, 6) is 2.44. The van der Waals surface area contributed by atoms with Crippen LogP contribution in [-0.2, 0) is 19.2 Å². The maximum atomic E-state index is 13.3. The first-order valence-corrected chi connectivity index (χ1v) is 14.5. The Hall–Kier alpha value is -4.22. The van der Waals surface area contributed by atoms with Crippen molar-refractivity contribution in [3.05, 3.63) is 106 Å². The van der Waals surface area contributed by atoms with E-state index in [1.165, 1.54) is 25.4 Å². The normalized spacial score (nSPS) is 12.2. The van der Waals surface area contributed by atoms with E-state index in [-0.39, 0.29) is 23.7 Å². The Labute approximate surface area is 247 Å². The van der Waals surface area contributed by atoms with Crippen LogP contribution in [0.25, 0.3) is 11.1 Å². The van der Waals surface area contributed by atoms with Gasteiger partial charge in [0.2, 0.25) is 0 Å². The number of carbonyl (C=O) groups is 3. The van der Waals surface area contributed by atoms with Crippen LogP contribution in [0.15, 0.2) is 90.0 Å². The number of amides is 3. The van der Waals surface area contributed by atoms with Crippen LogP contribution in [0.5, 0.6) is 0 Å². The molecule has 41 heavy (non-hydrogen) atoms. The number of pyridine rings is 1. The maximum absolute atomic E-state index is 13.3. The smallest absolute Gasteiger partial charge is 0.258 e. The molecule has 210 valence electrons. The lowest BCUT2D eigenvalue weighted by Crippen LogP contribution is -2.33. The van der Waals surface area contributed by atoms with Crippen molar-refractivity contribution >= 4 is 68.0 Å². The number of nitrogens with zero attached hydrogens (tertiary/aromatic N) is 1. The van der Waals surface area contributed by atoms with Gasteiger partial charge in [-0.3, -0.25) is 19.1 Å². The van der Waals surface area contributed by atoms with Crippen LogP contribution >= 0.6 is 23.2 Å². The molecule has 9 nitrogen and oxygen atoms in total. The molecule has 0 fully saturated rings. The predicted octanol–water partition coefficient (Wildman–Crippen LogP) is 5.31. The fourth-order valence-corrected chi connectivity index (χ4v) is 5.49. The Morgan fingerprint density at radius 3 is 2.29 bits per heavy atom. The van der Waals surface area contributed by atoms with E-state index >= 15 is 0 Å². The average Bonchev–Trinajstić information content (AvgIpc) is 2.95. The van der Waals surface area contributed by atoms with Crippen LogP contribution in [0.3, 0.4) is 0 Å². The quantitative estimate of drug-likeness (QED) is 0.220.